The van der Waals surface area contributed by atoms with Crippen LogP contribution in [-0.2, 0) is 13.1 Å². The second kappa shape index (κ2) is 17.6. The van der Waals surface area contributed by atoms with Crippen LogP contribution in [0.1, 0.15) is 103 Å². The molecule has 3 aliphatic rings. The van der Waals surface area contributed by atoms with Crippen molar-refractivity contribution < 1.29 is 31.8 Å². The highest BCUT2D eigenvalue weighted by molar-refractivity contribution is 6.90. The molecular formula is C49H59F4N7O3Si. The number of carbonyl (C=O) groups excluding carboxylic acids is 1. The van der Waals surface area contributed by atoms with Gasteiger partial charge in [0, 0.05) is 37.5 Å². The fourth-order valence-electron chi connectivity index (χ4n) is 11.0. The number of aromatic nitrogens is 4. The Balaban J connectivity index is 1.34. The normalized spacial score (nSPS) is 19.1. The topological polar surface area (TPSA) is 97.6 Å². The molecule has 0 bridgehead atoms. The van der Waals surface area contributed by atoms with E-state index in [1.165, 1.54) is 13.2 Å². The zero-order chi connectivity index (χ0) is 45.8. The van der Waals surface area contributed by atoms with Crippen LogP contribution in [0.2, 0.25) is 16.6 Å². The first-order valence-electron chi connectivity index (χ1n) is 22.7. The second-order valence-electron chi connectivity index (χ2n) is 19.1. The molecule has 5 aromatic rings. The summed E-state index contributed by atoms with van der Waals surface area (Å²) in [5, 5.41) is 8.29. The maximum absolute atomic E-state index is 17.9. The van der Waals surface area contributed by atoms with Crippen LogP contribution in [0.5, 0.6) is 11.8 Å². The van der Waals surface area contributed by atoms with E-state index in [1.54, 1.807) is 35.0 Å². The Morgan fingerprint density at radius 1 is 0.953 bits per heavy atom. The van der Waals surface area contributed by atoms with E-state index in [0.717, 1.165) is 19.4 Å². The molecule has 1 amide bonds. The van der Waals surface area contributed by atoms with E-state index < -0.39 is 42.8 Å². The van der Waals surface area contributed by atoms with E-state index in [-0.39, 0.29) is 92.4 Å². The zero-order valence-corrected chi connectivity index (χ0v) is 39.3. The average molecular weight is 898 g/mol. The van der Waals surface area contributed by atoms with E-state index in [0.29, 0.717) is 43.6 Å². The molecule has 3 aromatic carbocycles. The first-order valence-corrected chi connectivity index (χ1v) is 24.9. The van der Waals surface area contributed by atoms with Gasteiger partial charge in [-0.3, -0.25) is 14.4 Å². The summed E-state index contributed by atoms with van der Waals surface area (Å²) in [6.07, 6.45) is 1.47. The highest BCUT2D eigenvalue weighted by Gasteiger charge is 2.49. The lowest BCUT2D eigenvalue weighted by atomic mass is 9.92. The standard InChI is InChI=1S/C49H59F4N7O3Si/c1-28(2)54-47(61)38-23-34-26-58(19-12-21-60(34)57-38)46-41-44(55-48(56-46)63-27-49-18-11-20-59(49)25-33(50)24-49)42(52)40(43(53)45(41)62-9)36-14-10-13-32-15-16-37(51)35(39(32)36)17-22-64(29(3)4,30(5)6)31(7)8/h10,13-16,23,28-31,33H,11-12,18-21,24-27H2,1-9H3,(H,54,61)/t33-,49+/m1/s1. The highest BCUT2D eigenvalue weighted by atomic mass is 28.3. The number of halogens is 4. The number of anilines is 1. The summed E-state index contributed by atoms with van der Waals surface area (Å²) in [6.45, 7) is 19.0. The minimum absolute atomic E-state index is 0.0160. The Hall–Kier alpha value is -5.20. The van der Waals surface area contributed by atoms with E-state index in [4.69, 9.17) is 14.5 Å². The summed E-state index contributed by atoms with van der Waals surface area (Å²) < 4.78 is 80.7. The molecule has 5 heterocycles. The number of alkyl halides is 1. The predicted octanol–water partition coefficient (Wildman–Crippen LogP) is 10.1. The first-order chi connectivity index (χ1) is 30.5. The van der Waals surface area contributed by atoms with Crippen LogP contribution in [-0.4, -0.2) is 89.7 Å². The van der Waals surface area contributed by atoms with Gasteiger partial charge < -0.3 is 19.7 Å². The number of nitrogens with one attached hydrogen (secondary N) is 1. The lowest BCUT2D eigenvalue weighted by molar-refractivity contribution is 0.0937. The molecule has 3 aliphatic heterocycles. The molecule has 2 aromatic heterocycles. The van der Waals surface area contributed by atoms with Crippen molar-refractivity contribution in [2.75, 3.05) is 38.3 Å². The van der Waals surface area contributed by atoms with Crippen molar-refractivity contribution in [3.63, 3.8) is 0 Å². The van der Waals surface area contributed by atoms with Crippen molar-refractivity contribution in [1.82, 2.24) is 30.0 Å². The Morgan fingerprint density at radius 2 is 1.70 bits per heavy atom. The molecule has 0 spiro atoms. The van der Waals surface area contributed by atoms with Crippen molar-refractivity contribution in [2.24, 2.45) is 0 Å². The van der Waals surface area contributed by atoms with Gasteiger partial charge in [-0.2, -0.15) is 15.1 Å². The van der Waals surface area contributed by atoms with Crippen LogP contribution in [0.3, 0.4) is 0 Å². The number of hydrogen-bond donors (Lipinski definition) is 1. The predicted molar refractivity (Wildman–Crippen MR) is 246 cm³/mol. The third-order valence-corrected chi connectivity index (χ3v) is 20.2. The lowest BCUT2D eigenvalue weighted by Crippen LogP contribution is -2.43. The largest absolute Gasteiger partial charge is 0.493 e. The number of amides is 1. The van der Waals surface area contributed by atoms with Gasteiger partial charge in [-0.05, 0) is 79.4 Å². The molecule has 15 heteroatoms. The van der Waals surface area contributed by atoms with Gasteiger partial charge in [-0.25, -0.2) is 17.6 Å². The van der Waals surface area contributed by atoms with Crippen LogP contribution in [0.25, 0.3) is 32.8 Å². The third-order valence-electron chi connectivity index (χ3n) is 13.9. The summed E-state index contributed by atoms with van der Waals surface area (Å²) in [4.78, 5) is 26.5. The number of carbonyl (C=O) groups is 1. The van der Waals surface area contributed by atoms with E-state index in [2.05, 4.69) is 73.3 Å². The van der Waals surface area contributed by atoms with Gasteiger partial charge in [0.2, 0.25) is 0 Å². The van der Waals surface area contributed by atoms with Crippen LogP contribution >= 0.6 is 0 Å². The van der Waals surface area contributed by atoms with Gasteiger partial charge in [0.15, 0.2) is 23.1 Å². The highest BCUT2D eigenvalue weighted by Crippen LogP contribution is 2.47. The molecule has 0 saturated carbocycles. The number of aryl methyl sites for hydroxylation is 1. The van der Waals surface area contributed by atoms with E-state index in [1.807, 2.05) is 18.7 Å². The fraction of sp³-hybridized carbons (Fsp3) is 0.510. The van der Waals surface area contributed by atoms with Crippen molar-refractivity contribution in [2.45, 2.75) is 129 Å². The number of hydrogen-bond acceptors (Lipinski definition) is 8. The monoisotopic (exact) mass is 897 g/mol. The molecular weight excluding hydrogens is 839 g/mol. The summed E-state index contributed by atoms with van der Waals surface area (Å²) in [5.74, 6) is 0.201. The van der Waals surface area contributed by atoms with Crippen LogP contribution in [0.4, 0.5) is 23.4 Å². The van der Waals surface area contributed by atoms with Crippen LogP contribution < -0.4 is 19.7 Å². The third kappa shape index (κ3) is 7.88. The first kappa shape index (κ1) is 45.4. The summed E-state index contributed by atoms with van der Waals surface area (Å²) in [6, 6.07) is 9.43. The van der Waals surface area contributed by atoms with E-state index in [9.17, 15) is 9.18 Å². The summed E-state index contributed by atoms with van der Waals surface area (Å²) in [5.41, 5.74) is 4.26. The Morgan fingerprint density at radius 3 is 2.41 bits per heavy atom. The number of fused-ring (bicyclic) bond motifs is 4. The Labute approximate surface area is 374 Å². The van der Waals surface area contributed by atoms with Crippen molar-refractivity contribution >= 4 is 41.5 Å². The maximum atomic E-state index is 17.9. The molecule has 10 nitrogen and oxygen atoms in total. The van der Waals surface area contributed by atoms with Crippen molar-refractivity contribution in [1.29, 1.82) is 0 Å². The molecule has 0 unspecified atom stereocenters. The minimum atomic E-state index is -2.37. The molecule has 64 heavy (non-hydrogen) atoms. The van der Waals surface area contributed by atoms with E-state index >= 15 is 13.2 Å². The second-order valence-corrected chi connectivity index (χ2v) is 24.7. The molecule has 0 radical (unpaired) electrons. The Kier molecular flexibility index (Phi) is 12.5. The minimum Gasteiger partial charge on any atom is -0.493 e. The molecule has 0 aliphatic carbocycles. The van der Waals surface area contributed by atoms with Crippen molar-refractivity contribution in [3.8, 4) is 34.4 Å². The SMILES string of the molecule is COc1c(F)c(-c2cccc3ccc(F)c(C#C[Si](C(C)C)(C(C)C)C(C)C)c23)c(F)c2nc(OC[C@@]34CCCN3C[C@H](F)C4)nc(N3CCCn4nc(C(=O)NC(C)C)cc4C3)c12. The smallest absolute Gasteiger partial charge is 0.319 e. The van der Waals surface area contributed by atoms with Crippen molar-refractivity contribution in [3.05, 3.63) is 70.8 Å². The quantitative estimate of drug-likeness (QED) is 0.0796. The summed E-state index contributed by atoms with van der Waals surface area (Å²) >= 11 is 0. The fourth-order valence-corrected chi connectivity index (χ4v) is 16.2. The van der Waals surface area contributed by atoms with Crippen LogP contribution in [0.15, 0.2) is 36.4 Å². The van der Waals surface area contributed by atoms with Gasteiger partial charge in [-0.15, -0.1) is 5.54 Å². The van der Waals surface area contributed by atoms with Gasteiger partial charge in [-0.1, -0.05) is 71.7 Å². The molecule has 1 N–H and O–H groups in total. The average Bonchev–Trinajstić information content (AvgIpc) is 3.87. The molecule has 2 saturated heterocycles. The van der Waals surface area contributed by atoms with Gasteiger partial charge in [0.25, 0.3) is 5.91 Å². The molecule has 2 atom stereocenters. The number of rotatable bonds is 11. The van der Waals surface area contributed by atoms with Crippen LogP contribution in [0, 0.1) is 28.9 Å². The van der Waals surface area contributed by atoms with Gasteiger partial charge in [0.1, 0.15) is 38.0 Å². The number of nitrogens with zero attached hydrogens (tertiary/aromatic N) is 6. The zero-order valence-electron chi connectivity index (χ0n) is 38.3. The maximum Gasteiger partial charge on any atom is 0.319 e. The summed E-state index contributed by atoms with van der Waals surface area (Å²) in [7, 11) is -1.06. The molecule has 8 rings (SSSR count). The van der Waals surface area contributed by atoms with Gasteiger partial charge >= 0.3 is 6.01 Å². The molecule has 2 fully saturated rings. The number of methoxy groups -OCH3 is 1. The lowest BCUT2D eigenvalue weighted by Gasteiger charge is -2.38. The number of ether oxygens (including phenoxy) is 2. The molecule has 340 valence electrons. The number of benzene rings is 3. The Bertz CT molecular complexity index is 2650. The van der Waals surface area contributed by atoms with Gasteiger partial charge in [0.05, 0.1) is 41.4 Å².